The highest BCUT2D eigenvalue weighted by molar-refractivity contribution is 5.82. The predicted molar refractivity (Wildman–Crippen MR) is 112 cm³/mol. The maximum atomic E-state index is 11.3. The highest BCUT2D eigenvalue weighted by Crippen LogP contribution is 2.16. The second kappa shape index (κ2) is 8.26. The normalized spacial score (nSPS) is 11.3. The van der Waals surface area contributed by atoms with Crippen molar-refractivity contribution in [3.05, 3.63) is 106 Å². The third-order valence-corrected chi connectivity index (χ3v) is 4.23. The summed E-state index contributed by atoms with van der Waals surface area (Å²) >= 11 is 0. The van der Waals surface area contributed by atoms with Crippen LogP contribution in [-0.4, -0.2) is 6.29 Å². The van der Waals surface area contributed by atoms with Crippen LogP contribution in [0, 0.1) is 13.8 Å². The summed E-state index contributed by atoms with van der Waals surface area (Å²) in [7, 11) is 0. The van der Waals surface area contributed by atoms with E-state index in [4.69, 9.17) is 0 Å². The van der Waals surface area contributed by atoms with Crippen LogP contribution < -0.4 is 0 Å². The summed E-state index contributed by atoms with van der Waals surface area (Å²) in [5, 5.41) is 0. The number of rotatable bonds is 5. The molecule has 0 fully saturated rings. The molecular formula is C25H22O. The molecule has 0 aliphatic carbocycles. The fourth-order valence-corrected chi connectivity index (χ4v) is 2.70. The summed E-state index contributed by atoms with van der Waals surface area (Å²) in [5.74, 6) is 0. The van der Waals surface area contributed by atoms with Crippen molar-refractivity contribution >= 4 is 30.6 Å². The Kier molecular flexibility index (Phi) is 5.60. The molecule has 3 aromatic rings. The highest BCUT2D eigenvalue weighted by Gasteiger charge is 1.97. The van der Waals surface area contributed by atoms with E-state index < -0.39 is 0 Å². The van der Waals surface area contributed by atoms with E-state index >= 15 is 0 Å². The predicted octanol–water partition coefficient (Wildman–Crippen LogP) is 6.46. The first-order chi connectivity index (χ1) is 12.6. The van der Waals surface area contributed by atoms with Gasteiger partial charge in [-0.15, -0.1) is 0 Å². The number of aldehydes is 1. The second-order valence-electron chi connectivity index (χ2n) is 6.54. The van der Waals surface area contributed by atoms with E-state index in [2.05, 4.69) is 80.6 Å². The van der Waals surface area contributed by atoms with Crippen molar-refractivity contribution in [3.63, 3.8) is 0 Å². The van der Waals surface area contributed by atoms with Crippen LogP contribution in [0.1, 0.15) is 43.7 Å². The van der Waals surface area contributed by atoms with Gasteiger partial charge in [-0.05, 0) is 54.3 Å². The molecule has 0 atom stereocenters. The highest BCUT2D eigenvalue weighted by atomic mass is 16.1. The minimum absolute atomic E-state index is 0.680. The van der Waals surface area contributed by atoms with Crippen LogP contribution in [0.5, 0.6) is 0 Å². The zero-order valence-corrected chi connectivity index (χ0v) is 15.1. The molecular weight excluding hydrogens is 316 g/mol. The fraction of sp³-hybridized carbons (Fsp3) is 0.0800. The lowest BCUT2D eigenvalue weighted by molar-refractivity contribution is 0.112. The quantitative estimate of drug-likeness (QED) is 0.385. The molecule has 0 saturated heterocycles. The summed E-state index contributed by atoms with van der Waals surface area (Å²) < 4.78 is 0. The van der Waals surface area contributed by atoms with Crippen molar-refractivity contribution in [2.75, 3.05) is 0 Å². The van der Waals surface area contributed by atoms with Crippen molar-refractivity contribution in [1.29, 1.82) is 0 Å². The van der Waals surface area contributed by atoms with Gasteiger partial charge in [0.05, 0.1) is 0 Å². The number of hydrogen-bond acceptors (Lipinski definition) is 1. The second-order valence-corrected chi connectivity index (χ2v) is 6.54. The molecule has 1 heteroatoms. The van der Waals surface area contributed by atoms with Crippen molar-refractivity contribution in [1.82, 2.24) is 0 Å². The van der Waals surface area contributed by atoms with Gasteiger partial charge >= 0.3 is 0 Å². The standard InChI is InChI=1S/C25H22O/c1-19-3-7-21(8-4-19)11-13-23-15-24(17-25(16-23)18-26)14-12-22-9-5-20(2)6-10-22/h3-18H,1-2H3/b13-11+,14-12+. The van der Waals surface area contributed by atoms with Gasteiger partial charge in [-0.3, -0.25) is 4.79 Å². The van der Waals surface area contributed by atoms with Crippen LogP contribution >= 0.6 is 0 Å². The molecule has 0 aliphatic heterocycles. The van der Waals surface area contributed by atoms with Crippen molar-refractivity contribution in [2.45, 2.75) is 13.8 Å². The van der Waals surface area contributed by atoms with Crippen molar-refractivity contribution in [2.24, 2.45) is 0 Å². The first kappa shape index (κ1) is 17.6. The molecule has 0 spiro atoms. The molecule has 3 rings (SSSR count). The molecule has 0 radical (unpaired) electrons. The van der Waals surface area contributed by atoms with E-state index in [1.54, 1.807) is 0 Å². The van der Waals surface area contributed by atoms with Gasteiger partial charge in [-0.2, -0.15) is 0 Å². The monoisotopic (exact) mass is 338 g/mol. The molecule has 0 heterocycles. The summed E-state index contributed by atoms with van der Waals surface area (Å²) in [6.45, 7) is 4.15. The first-order valence-corrected chi connectivity index (χ1v) is 8.72. The molecule has 128 valence electrons. The molecule has 0 aliphatic rings. The van der Waals surface area contributed by atoms with Gasteiger partial charge in [0.1, 0.15) is 6.29 Å². The molecule has 0 saturated carbocycles. The Hall–Kier alpha value is -3.19. The van der Waals surface area contributed by atoms with Gasteiger partial charge in [0.15, 0.2) is 0 Å². The number of carbonyl (C=O) groups is 1. The van der Waals surface area contributed by atoms with Crippen LogP contribution in [0.3, 0.4) is 0 Å². The van der Waals surface area contributed by atoms with E-state index in [1.807, 2.05) is 24.3 Å². The molecule has 0 N–H and O–H groups in total. The Labute approximate surface area is 155 Å². The third kappa shape index (κ3) is 4.90. The van der Waals surface area contributed by atoms with Gasteiger partial charge in [-0.1, -0.05) is 84.0 Å². The Morgan fingerprint density at radius 3 is 1.23 bits per heavy atom. The van der Waals surface area contributed by atoms with Crippen LogP contribution in [0.4, 0.5) is 0 Å². The van der Waals surface area contributed by atoms with Crippen LogP contribution in [0.2, 0.25) is 0 Å². The van der Waals surface area contributed by atoms with Crippen molar-refractivity contribution in [3.8, 4) is 0 Å². The Morgan fingerprint density at radius 2 is 0.846 bits per heavy atom. The van der Waals surface area contributed by atoms with Crippen LogP contribution in [-0.2, 0) is 0 Å². The first-order valence-electron chi connectivity index (χ1n) is 8.72. The number of benzene rings is 3. The zero-order valence-electron chi connectivity index (χ0n) is 15.1. The molecule has 0 amide bonds. The summed E-state index contributed by atoms with van der Waals surface area (Å²) in [4.78, 5) is 11.3. The largest absolute Gasteiger partial charge is 0.298 e. The van der Waals surface area contributed by atoms with Crippen LogP contribution in [0.15, 0.2) is 66.7 Å². The van der Waals surface area contributed by atoms with Gasteiger partial charge in [0, 0.05) is 5.56 Å². The number of aryl methyl sites for hydroxylation is 2. The van der Waals surface area contributed by atoms with E-state index in [0.717, 1.165) is 28.5 Å². The van der Waals surface area contributed by atoms with Crippen LogP contribution in [0.25, 0.3) is 24.3 Å². The topological polar surface area (TPSA) is 17.1 Å². The maximum absolute atomic E-state index is 11.3. The lowest BCUT2D eigenvalue weighted by atomic mass is 10.0. The maximum Gasteiger partial charge on any atom is 0.150 e. The summed E-state index contributed by atoms with van der Waals surface area (Å²) in [6.07, 6.45) is 9.11. The average Bonchev–Trinajstić information content (AvgIpc) is 2.67. The van der Waals surface area contributed by atoms with Gasteiger partial charge in [0.2, 0.25) is 0 Å². The molecule has 0 unspecified atom stereocenters. The number of hydrogen-bond donors (Lipinski definition) is 0. The SMILES string of the molecule is Cc1ccc(/C=C/c2cc(C=O)cc(/C=C/c3ccc(C)cc3)c2)cc1. The Balaban J connectivity index is 1.85. The van der Waals surface area contributed by atoms with Gasteiger partial charge in [-0.25, -0.2) is 0 Å². The van der Waals surface area contributed by atoms with Gasteiger partial charge < -0.3 is 0 Å². The van der Waals surface area contributed by atoms with E-state index in [9.17, 15) is 4.79 Å². The van der Waals surface area contributed by atoms with E-state index in [-0.39, 0.29) is 0 Å². The summed E-state index contributed by atoms with van der Waals surface area (Å²) in [5.41, 5.74) is 7.48. The lowest BCUT2D eigenvalue weighted by Crippen LogP contribution is -1.85. The smallest absolute Gasteiger partial charge is 0.150 e. The molecule has 3 aromatic carbocycles. The minimum Gasteiger partial charge on any atom is -0.298 e. The minimum atomic E-state index is 0.680. The average molecular weight is 338 g/mol. The third-order valence-electron chi connectivity index (χ3n) is 4.23. The van der Waals surface area contributed by atoms with Gasteiger partial charge in [0.25, 0.3) is 0 Å². The zero-order chi connectivity index (χ0) is 18.4. The Morgan fingerprint density at radius 1 is 0.500 bits per heavy atom. The Bertz CT molecular complexity index is 869. The number of carbonyl (C=O) groups excluding carboxylic acids is 1. The van der Waals surface area contributed by atoms with E-state index in [0.29, 0.717) is 5.56 Å². The molecule has 26 heavy (non-hydrogen) atoms. The lowest BCUT2D eigenvalue weighted by Gasteiger charge is -2.01. The fourth-order valence-electron chi connectivity index (χ4n) is 2.70. The molecule has 0 bridgehead atoms. The summed E-state index contributed by atoms with van der Waals surface area (Å²) in [6, 6.07) is 22.6. The van der Waals surface area contributed by atoms with Crippen molar-refractivity contribution < 1.29 is 4.79 Å². The van der Waals surface area contributed by atoms with E-state index in [1.165, 1.54) is 11.1 Å². The molecule has 1 nitrogen and oxygen atoms in total. The molecule has 0 aromatic heterocycles.